The second-order valence-electron chi connectivity index (χ2n) is 4.56. The normalized spacial score (nSPS) is 14.3. The molecule has 0 aliphatic heterocycles. The first-order chi connectivity index (χ1) is 8.74. The first-order valence-electron chi connectivity index (χ1n) is 6.06. The van der Waals surface area contributed by atoms with Crippen molar-refractivity contribution < 1.29 is 9.15 Å². The van der Waals surface area contributed by atoms with Crippen molar-refractivity contribution >= 4 is 0 Å². The highest BCUT2D eigenvalue weighted by Gasteiger charge is 2.25. The molecule has 3 nitrogen and oxygen atoms in total. The van der Waals surface area contributed by atoms with Gasteiger partial charge in [0, 0.05) is 7.11 Å². The van der Waals surface area contributed by atoms with Crippen molar-refractivity contribution in [1.29, 1.82) is 0 Å². The molecule has 0 bridgehead atoms. The summed E-state index contributed by atoms with van der Waals surface area (Å²) < 4.78 is 10.7. The molecule has 1 N–H and O–H groups in total. The van der Waals surface area contributed by atoms with Gasteiger partial charge in [0.05, 0.1) is 25.0 Å². The van der Waals surface area contributed by atoms with Crippen LogP contribution < -0.4 is 5.32 Å². The number of methoxy groups -OCH3 is 1. The van der Waals surface area contributed by atoms with Crippen LogP contribution in [0.5, 0.6) is 0 Å². The maximum atomic E-state index is 5.34. The Labute approximate surface area is 108 Å². The lowest BCUT2D eigenvalue weighted by Gasteiger charge is -2.30. The van der Waals surface area contributed by atoms with Crippen LogP contribution in [0.25, 0.3) is 0 Å². The van der Waals surface area contributed by atoms with E-state index in [0.717, 1.165) is 5.76 Å². The topological polar surface area (TPSA) is 34.4 Å². The zero-order valence-electron chi connectivity index (χ0n) is 10.8. The van der Waals surface area contributed by atoms with Gasteiger partial charge in [-0.2, -0.15) is 0 Å². The van der Waals surface area contributed by atoms with Crippen LogP contribution in [0.4, 0.5) is 0 Å². The first kappa shape index (κ1) is 12.9. The van der Waals surface area contributed by atoms with E-state index in [1.807, 2.05) is 30.3 Å². The Balaban J connectivity index is 2.11. The number of ether oxygens (including phenoxy) is 1. The molecule has 0 aliphatic carbocycles. The van der Waals surface area contributed by atoms with E-state index in [4.69, 9.17) is 9.15 Å². The molecular weight excluding hydrogens is 226 g/mol. The highest BCUT2D eigenvalue weighted by Crippen LogP contribution is 2.21. The van der Waals surface area contributed by atoms with Crippen LogP contribution in [0.3, 0.4) is 0 Å². The lowest BCUT2D eigenvalue weighted by atomic mass is 9.93. The smallest absolute Gasteiger partial charge is 0.117 e. The summed E-state index contributed by atoms with van der Waals surface area (Å²) >= 11 is 0. The van der Waals surface area contributed by atoms with Crippen molar-refractivity contribution in [2.24, 2.45) is 0 Å². The molecule has 18 heavy (non-hydrogen) atoms. The standard InChI is InChI=1S/C15H19NO2/c1-15(12-17-2,13-7-4-3-5-8-13)16-11-14-9-6-10-18-14/h3-10,16H,11-12H2,1-2H3. The van der Waals surface area contributed by atoms with Gasteiger partial charge in [0.1, 0.15) is 5.76 Å². The van der Waals surface area contributed by atoms with Crippen LogP contribution >= 0.6 is 0 Å². The first-order valence-corrected chi connectivity index (χ1v) is 6.06. The predicted molar refractivity (Wildman–Crippen MR) is 71.2 cm³/mol. The number of hydrogen-bond acceptors (Lipinski definition) is 3. The summed E-state index contributed by atoms with van der Waals surface area (Å²) in [6, 6.07) is 14.2. The van der Waals surface area contributed by atoms with Gasteiger partial charge < -0.3 is 9.15 Å². The summed E-state index contributed by atoms with van der Waals surface area (Å²) in [6.07, 6.45) is 1.69. The Morgan fingerprint density at radius 2 is 1.94 bits per heavy atom. The molecule has 0 amide bonds. The third-order valence-electron chi connectivity index (χ3n) is 3.08. The Morgan fingerprint density at radius 3 is 2.56 bits per heavy atom. The van der Waals surface area contributed by atoms with E-state index in [2.05, 4.69) is 24.4 Å². The summed E-state index contributed by atoms with van der Waals surface area (Å²) in [7, 11) is 1.72. The van der Waals surface area contributed by atoms with Crippen molar-refractivity contribution in [3.8, 4) is 0 Å². The molecule has 2 aromatic rings. The van der Waals surface area contributed by atoms with E-state index in [0.29, 0.717) is 13.2 Å². The SMILES string of the molecule is COCC(C)(NCc1ccco1)c1ccccc1. The Morgan fingerprint density at radius 1 is 1.17 bits per heavy atom. The molecule has 1 aromatic carbocycles. The third-order valence-corrected chi connectivity index (χ3v) is 3.08. The molecule has 1 atom stereocenters. The summed E-state index contributed by atoms with van der Waals surface area (Å²) in [6.45, 7) is 3.42. The highest BCUT2D eigenvalue weighted by molar-refractivity contribution is 5.24. The van der Waals surface area contributed by atoms with Crippen LogP contribution in [-0.4, -0.2) is 13.7 Å². The number of nitrogens with one attached hydrogen (secondary N) is 1. The van der Waals surface area contributed by atoms with Gasteiger partial charge in [-0.3, -0.25) is 5.32 Å². The lowest BCUT2D eigenvalue weighted by Crippen LogP contribution is -2.42. The molecule has 0 saturated carbocycles. The average molecular weight is 245 g/mol. The molecule has 1 unspecified atom stereocenters. The fourth-order valence-corrected chi connectivity index (χ4v) is 2.03. The molecule has 96 valence electrons. The summed E-state index contributed by atoms with van der Waals surface area (Å²) in [4.78, 5) is 0. The maximum Gasteiger partial charge on any atom is 0.117 e. The lowest BCUT2D eigenvalue weighted by molar-refractivity contribution is 0.115. The van der Waals surface area contributed by atoms with E-state index >= 15 is 0 Å². The average Bonchev–Trinajstić information content (AvgIpc) is 2.91. The zero-order valence-corrected chi connectivity index (χ0v) is 10.8. The minimum absolute atomic E-state index is 0.219. The van der Waals surface area contributed by atoms with Gasteiger partial charge in [-0.1, -0.05) is 30.3 Å². The van der Waals surface area contributed by atoms with Crippen molar-refractivity contribution in [2.75, 3.05) is 13.7 Å². The van der Waals surface area contributed by atoms with Crippen LogP contribution in [0.2, 0.25) is 0 Å². The quantitative estimate of drug-likeness (QED) is 0.849. The monoisotopic (exact) mass is 245 g/mol. The number of hydrogen-bond donors (Lipinski definition) is 1. The number of rotatable bonds is 6. The van der Waals surface area contributed by atoms with Crippen LogP contribution in [0, 0.1) is 0 Å². The fraction of sp³-hybridized carbons (Fsp3) is 0.333. The molecule has 1 heterocycles. The van der Waals surface area contributed by atoms with Crippen LogP contribution in [-0.2, 0) is 16.8 Å². The van der Waals surface area contributed by atoms with Crippen molar-refractivity contribution in [1.82, 2.24) is 5.32 Å². The van der Waals surface area contributed by atoms with Gasteiger partial charge >= 0.3 is 0 Å². The second kappa shape index (κ2) is 5.85. The summed E-state index contributed by atoms with van der Waals surface area (Å²) in [5.41, 5.74) is 0.987. The second-order valence-corrected chi connectivity index (χ2v) is 4.56. The highest BCUT2D eigenvalue weighted by atomic mass is 16.5. The number of furan rings is 1. The van der Waals surface area contributed by atoms with Crippen molar-refractivity contribution in [3.05, 3.63) is 60.1 Å². The van der Waals surface area contributed by atoms with Crippen molar-refractivity contribution in [2.45, 2.75) is 19.0 Å². The van der Waals surface area contributed by atoms with Crippen molar-refractivity contribution in [3.63, 3.8) is 0 Å². The molecule has 2 rings (SSSR count). The van der Waals surface area contributed by atoms with Gasteiger partial charge in [-0.25, -0.2) is 0 Å². The number of benzene rings is 1. The minimum Gasteiger partial charge on any atom is -0.468 e. The van der Waals surface area contributed by atoms with E-state index in [1.54, 1.807) is 13.4 Å². The van der Waals surface area contributed by atoms with Crippen LogP contribution in [0.1, 0.15) is 18.2 Å². The van der Waals surface area contributed by atoms with Gasteiger partial charge in [0.15, 0.2) is 0 Å². The van der Waals surface area contributed by atoms with Gasteiger partial charge in [0.2, 0.25) is 0 Å². The van der Waals surface area contributed by atoms with E-state index < -0.39 is 0 Å². The fourth-order valence-electron chi connectivity index (χ4n) is 2.03. The Bertz CT molecular complexity index is 453. The minimum atomic E-state index is -0.219. The van der Waals surface area contributed by atoms with Gasteiger partial charge in [0.25, 0.3) is 0 Å². The summed E-state index contributed by atoms with van der Waals surface area (Å²) in [5, 5.41) is 3.50. The molecule has 0 saturated heterocycles. The third kappa shape index (κ3) is 3.00. The van der Waals surface area contributed by atoms with Crippen LogP contribution in [0.15, 0.2) is 53.1 Å². The van der Waals surface area contributed by atoms with E-state index in [-0.39, 0.29) is 5.54 Å². The summed E-state index contributed by atoms with van der Waals surface area (Å²) in [5.74, 6) is 0.924. The molecular formula is C15H19NO2. The molecule has 1 aromatic heterocycles. The molecule has 0 fully saturated rings. The Hall–Kier alpha value is -1.58. The molecule has 3 heteroatoms. The molecule has 0 aliphatic rings. The molecule has 0 radical (unpaired) electrons. The maximum absolute atomic E-state index is 5.34. The van der Waals surface area contributed by atoms with E-state index in [1.165, 1.54) is 5.56 Å². The molecule has 0 spiro atoms. The largest absolute Gasteiger partial charge is 0.468 e. The van der Waals surface area contributed by atoms with E-state index in [9.17, 15) is 0 Å². The zero-order chi connectivity index (χ0) is 12.8. The predicted octanol–water partition coefficient (Wildman–Crippen LogP) is 2.93. The van der Waals surface area contributed by atoms with Gasteiger partial charge in [-0.05, 0) is 24.6 Å². The Kier molecular flexibility index (Phi) is 4.18. The van der Waals surface area contributed by atoms with Gasteiger partial charge in [-0.15, -0.1) is 0 Å².